The minimum absolute atomic E-state index is 0.217. The summed E-state index contributed by atoms with van der Waals surface area (Å²) in [7, 11) is 0. The Morgan fingerprint density at radius 3 is 2.62 bits per heavy atom. The summed E-state index contributed by atoms with van der Waals surface area (Å²) in [6.07, 6.45) is 2.70. The Morgan fingerprint density at radius 1 is 1.21 bits per heavy atom. The van der Waals surface area contributed by atoms with Crippen molar-refractivity contribution in [2.45, 2.75) is 51.0 Å². The second kappa shape index (κ2) is 7.49. The average Bonchev–Trinajstić information content (AvgIpc) is 3.47. The molecule has 0 aliphatic carbocycles. The van der Waals surface area contributed by atoms with Crippen LogP contribution in [0.15, 0.2) is 47.0 Å². The van der Waals surface area contributed by atoms with Crippen LogP contribution in [0.25, 0.3) is 0 Å². The predicted molar refractivity (Wildman–Crippen MR) is 119 cm³/mol. The molecular weight excluding hydrogens is 443 g/mol. The summed E-state index contributed by atoms with van der Waals surface area (Å²) in [6.45, 7) is 7.16. The Labute approximate surface area is 195 Å². The molecule has 1 aromatic carbocycles. The topological polar surface area (TPSA) is 114 Å². The number of aromatic nitrogens is 1. The van der Waals surface area contributed by atoms with E-state index in [9.17, 15) is 18.8 Å². The molecule has 2 aromatic rings. The van der Waals surface area contributed by atoms with Gasteiger partial charge in [-0.25, -0.2) is 4.39 Å². The summed E-state index contributed by atoms with van der Waals surface area (Å²) in [5, 5.41) is 9.37. The number of nitrogens with one attached hydrogen (secondary N) is 2. The van der Waals surface area contributed by atoms with Gasteiger partial charge in [0.2, 0.25) is 17.7 Å². The first-order valence-corrected chi connectivity index (χ1v) is 11.0. The summed E-state index contributed by atoms with van der Waals surface area (Å²) in [4.78, 5) is 41.9. The van der Waals surface area contributed by atoms with Gasteiger partial charge in [-0.2, -0.15) is 0 Å². The minimum atomic E-state index is -1.37. The van der Waals surface area contributed by atoms with Crippen LogP contribution in [-0.2, 0) is 19.1 Å². The van der Waals surface area contributed by atoms with Gasteiger partial charge in [-0.3, -0.25) is 19.3 Å². The smallest absolute Gasteiger partial charge is 0.246 e. The molecule has 5 rings (SSSR count). The standard InChI is InChI=1S/C24H25FN4O5/c1-12-10-16(28-34-12)26-20(30)17-15-8-9-24(33-15)18(17)22(32)29(14-7-5-6-13(25)11-14)19(24)21(31)27-23(2,3)4/h5-11,15,17-19H,1-4H3,(H,27,31)(H,26,28,30)/t15-,17+,18+,19-,24+/m1/s1. The van der Waals surface area contributed by atoms with Crippen LogP contribution in [0.4, 0.5) is 15.9 Å². The molecule has 178 valence electrons. The van der Waals surface area contributed by atoms with Crippen molar-refractivity contribution in [2.75, 3.05) is 10.2 Å². The highest BCUT2D eigenvalue weighted by molar-refractivity contribution is 6.11. The summed E-state index contributed by atoms with van der Waals surface area (Å²) in [5.41, 5.74) is -1.75. The molecule has 9 nitrogen and oxygen atoms in total. The Morgan fingerprint density at radius 2 is 1.97 bits per heavy atom. The number of aryl methyl sites for hydroxylation is 1. The van der Waals surface area contributed by atoms with E-state index in [1.807, 2.05) is 20.8 Å². The molecule has 0 unspecified atom stereocenters. The van der Waals surface area contributed by atoms with E-state index in [0.29, 0.717) is 5.76 Å². The molecule has 2 N–H and O–H groups in total. The fraction of sp³-hybridized carbons (Fsp3) is 0.417. The Bertz CT molecular complexity index is 1220. The number of halogens is 1. The van der Waals surface area contributed by atoms with Crippen LogP contribution in [0.1, 0.15) is 26.5 Å². The highest BCUT2D eigenvalue weighted by Crippen LogP contribution is 2.56. The summed E-state index contributed by atoms with van der Waals surface area (Å²) in [6, 6.07) is 5.90. The largest absolute Gasteiger partial charge is 0.360 e. The van der Waals surface area contributed by atoms with Crippen LogP contribution in [0.5, 0.6) is 0 Å². The molecule has 3 aliphatic rings. The van der Waals surface area contributed by atoms with Crippen molar-refractivity contribution in [1.82, 2.24) is 10.5 Å². The molecule has 2 fully saturated rings. The molecule has 3 aliphatic heterocycles. The molecule has 5 atom stereocenters. The van der Waals surface area contributed by atoms with Gasteiger partial charge in [0, 0.05) is 17.3 Å². The zero-order chi connectivity index (χ0) is 24.4. The maximum absolute atomic E-state index is 14.1. The van der Waals surface area contributed by atoms with Crippen molar-refractivity contribution >= 4 is 29.2 Å². The van der Waals surface area contributed by atoms with Crippen molar-refractivity contribution in [1.29, 1.82) is 0 Å². The zero-order valence-electron chi connectivity index (χ0n) is 19.2. The third kappa shape index (κ3) is 3.40. The molecule has 34 heavy (non-hydrogen) atoms. The van der Waals surface area contributed by atoms with E-state index in [1.54, 1.807) is 31.2 Å². The number of hydrogen-bond acceptors (Lipinski definition) is 6. The third-order valence-corrected chi connectivity index (χ3v) is 6.29. The molecule has 1 aromatic heterocycles. The summed E-state index contributed by atoms with van der Waals surface area (Å²) >= 11 is 0. The van der Waals surface area contributed by atoms with Crippen molar-refractivity contribution in [3.05, 3.63) is 54.1 Å². The monoisotopic (exact) mass is 468 g/mol. The first-order valence-electron chi connectivity index (χ1n) is 11.0. The summed E-state index contributed by atoms with van der Waals surface area (Å²) < 4.78 is 25.3. The molecule has 3 amide bonds. The second-order valence-electron chi connectivity index (χ2n) is 9.94. The highest BCUT2D eigenvalue weighted by atomic mass is 19.1. The number of hydrogen-bond donors (Lipinski definition) is 2. The van der Waals surface area contributed by atoms with Gasteiger partial charge in [0.25, 0.3) is 0 Å². The van der Waals surface area contributed by atoms with Crippen molar-refractivity contribution in [3.63, 3.8) is 0 Å². The van der Waals surface area contributed by atoms with Gasteiger partial charge in [-0.05, 0) is 45.9 Å². The number of rotatable bonds is 4. The maximum atomic E-state index is 14.1. The predicted octanol–water partition coefficient (Wildman–Crippen LogP) is 2.33. The lowest BCUT2D eigenvalue weighted by Crippen LogP contribution is -2.58. The third-order valence-electron chi connectivity index (χ3n) is 6.29. The molecule has 4 heterocycles. The van der Waals surface area contributed by atoms with Gasteiger partial charge < -0.3 is 19.9 Å². The lowest BCUT2D eigenvalue weighted by atomic mass is 9.74. The molecule has 0 radical (unpaired) electrons. The number of benzene rings is 1. The molecule has 10 heteroatoms. The fourth-order valence-corrected chi connectivity index (χ4v) is 5.15. The van der Waals surface area contributed by atoms with Crippen LogP contribution in [0, 0.1) is 24.6 Å². The van der Waals surface area contributed by atoms with Crippen LogP contribution in [0.3, 0.4) is 0 Å². The lowest BCUT2D eigenvalue weighted by molar-refractivity contribution is -0.129. The SMILES string of the molecule is Cc1cc(NC(=O)[C@@H]2[C@H]3C(=O)N(c4cccc(F)c4)[C@H](C(=O)NC(C)(C)C)[C@]34C=C[C@H]2O4)no1. The number of nitrogens with zero attached hydrogens (tertiary/aromatic N) is 2. The first-order chi connectivity index (χ1) is 16.0. The molecular formula is C24H25FN4O5. The van der Waals surface area contributed by atoms with Gasteiger partial charge in [-0.15, -0.1) is 0 Å². The van der Waals surface area contributed by atoms with Gasteiger partial charge in [-0.1, -0.05) is 23.4 Å². The minimum Gasteiger partial charge on any atom is -0.360 e. The highest BCUT2D eigenvalue weighted by Gasteiger charge is 2.73. The lowest BCUT2D eigenvalue weighted by Gasteiger charge is -2.34. The summed E-state index contributed by atoms with van der Waals surface area (Å²) in [5.74, 6) is -3.10. The second-order valence-corrected chi connectivity index (χ2v) is 9.94. The van der Waals surface area contributed by atoms with Crippen LogP contribution in [0.2, 0.25) is 0 Å². The first kappa shape index (κ1) is 22.3. The van der Waals surface area contributed by atoms with E-state index in [2.05, 4.69) is 15.8 Å². The molecule has 0 saturated carbocycles. The van der Waals surface area contributed by atoms with E-state index < -0.39 is 58.7 Å². The Kier molecular flexibility index (Phi) is 4.91. The van der Waals surface area contributed by atoms with E-state index in [-0.39, 0.29) is 11.5 Å². The van der Waals surface area contributed by atoms with Crippen LogP contribution < -0.4 is 15.5 Å². The Hall–Kier alpha value is -3.53. The number of ether oxygens (including phenoxy) is 1. The molecule has 2 saturated heterocycles. The molecule has 1 spiro atoms. The van der Waals surface area contributed by atoms with E-state index in [1.165, 1.54) is 23.1 Å². The number of carbonyl (C=O) groups is 3. The van der Waals surface area contributed by atoms with Gasteiger partial charge in [0.15, 0.2) is 5.82 Å². The fourth-order valence-electron chi connectivity index (χ4n) is 5.15. The quantitative estimate of drug-likeness (QED) is 0.666. The van der Waals surface area contributed by atoms with E-state index >= 15 is 0 Å². The number of carbonyl (C=O) groups excluding carboxylic acids is 3. The van der Waals surface area contributed by atoms with Crippen LogP contribution in [-0.4, -0.2) is 46.2 Å². The Balaban J connectivity index is 1.56. The van der Waals surface area contributed by atoms with Gasteiger partial charge in [0.05, 0.1) is 17.9 Å². The van der Waals surface area contributed by atoms with Gasteiger partial charge in [0.1, 0.15) is 23.2 Å². The zero-order valence-corrected chi connectivity index (χ0v) is 19.2. The number of fused-ring (bicyclic) bond motifs is 1. The van der Waals surface area contributed by atoms with Crippen LogP contribution >= 0.6 is 0 Å². The number of anilines is 2. The normalized spacial score (nSPS) is 29.4. The van der Waals surface area contributed by atoms with Gasteiger partial charge >= 0.3 is 0 Å². The maximum Gasteiger partial charge on any atom is 0.246 e. The van der Waals surface area contributed by atoms with Crippen molar-refractivity contribution in [3.8, 4) is 0 Å². The van der Waals surface area contributed by atoms with E-state index in [4.69, 9.17) is 9.26 Å². The average molecular weight is 468 g/mol. The van der Waals surface area contributed by atoms with Crippen molar-refractivity contribution in [2.24, 2.45) is 11.8 Å². The van der Waals surface area contributed by atoms with E-state index in [0.717, 1.165) is 0 Å². The number of amides is 3. The molecule has 2 bridgehead atoms. The van der Waals surface area contributed by atoms with Crippen molar-refractivity contribution < 1.29 is 28.0 Å².